The minimum atomic E-state index is 0.810. The topological polar surface area (TPSA) is 30.7 Å². The summed E-state index contributed by atoms with van der Waals surface area (Å²) in [6, 6.07) is 8.43. The van der Waals surface area contributed by atoms with Gasteiger partial charge in [-0.15, -0.1) is 0 Å². The highest BCUT2D eigenvalue weighted by molar-refractivity contribution is 6.02. The summed E-state index contributed by atoms with van der Waals surface area (Å²) >= 11 is 0. The molecule has 3 nitrogen and oxygen atoms in total. The first-order chi connectivity index (χ1) is 11.7. The molecule has 0 radical (unpaired) electrons. The molecule has 0 N–H and O–H groups in total. The lowest BCUT2D eigenvalue weighted by molar-refractivity contribution is 0.505. The number of aryl methyl sites for hydroxylation is 2. The van der Waals surface area contributed by atoms with Gasteiger partial charge in [-0.3, -0.25) is 4.98 Å². The predicted molar refractivity (Wildman–Crippen MR) is 102 cm³/mol. The molecule has 0 aliphatic carbocycles. The zero-order valence-electron chi connectivity index (χ0n) is 15.3. The number of hydrogen-bond acceptors (Lipinski definition) is 2. The first-order valence-electron chi connectivity index (χ1n) is 9.43. The molecule has 3 aromatic rings. The van der Waals surface area contributed by atoms with Crippen LogP contribution in [0.1, 0.15) is 58.7 Å². The van der Waals surface area contributed by atoms with Crippen LogP contribution in [0.4, 0.5) is 0 Å². The molecule has 24 heavy (non-hydrogen) atoms. The Kier molecular flexibility index (Phi) is 5.49. The summed E-state index contributed by atoms with van der Waals surface area (Å²) in [5.74, 6) is 2.03. The van der Waals surface area contributed by atoms with Gasteiger partial charge >= 0.3 is 0 Å². The SMILES string of the molecule is CCCc1nc2cnc3ccccc3c2n1CCCCCC(C)C. The Morgan fingerprint density at radius 1 is 1.04 bits per heavy atom. The maximum Gasteiger partial charge on any atom is 0.109 e. The number of rotatable bonds is 8. The van der Waals surface area contributed by atoms with Crippen LogP contribution in [-0.4, -0.2) is 14.5 Å². The fourth-order valence-corrected chi connectivity index (χ4v) is 3.46. The molecule has 2 heterocycles. The molecule has 0 amide bonds. The Hall–Kier alpha value is -1.90. The van der Waals surface area contributed by atoms with Gasteiger partial charge in [-0.25, -0.2) is 4.98 Å². The Morgan fingerprint density at radius 3 is 2.67 bits per heavy atom. The van der Waals surface area contributed by atoms with Crippen LogP contribution >= 0.6 is 0 Å². The maximum atomic E-state index is 4.88. The average Bonchev–Trinajstić information content (AvgIpc) is 2.92. The molecule has 0 fully saturated rings. The van der Waals surface area contributed by atoms with Crippen LogP contribution in [0.15, 0.2) is 30.5 Å². The van der Waals surface area contributed by atoms with Crippen molar-refractivity contribution in [3.63, 3.8) is 0 Å². The Labute approximate surface area is 145 Å². The van der Waals surface area contributed by atoms with Crippen molar-refractivity contribution in [2.75, 3.05) is 0 Å². The van der Waals surface area contributed by atoms with Gasteiger partial charge in [-0.1, -0.05) is 58.2 Å². The van der Waals surface area contributed by atoms with Gasteiger partial charge in [0, 0.05) is 18.4 Å². The van der Waals surface area contributed by atoms with Gasteiger partial charge in [-0.05, 0) is 24.8 Å². The van der Waals surface area contributed by atoms with Gasteiger partial charge in [0.15, 0.2) is 0 Å². The van der Waals surface area contributed by atoms with Crippen LogP contribution < -0.4 is 0 Å². The molecule has 0 bridgehead atoms. The minimum Gasteiger partial charge on any atom is -0.327 e. The molecule has 3 rings (SSSR count). The van der Waals surface area contributed by atoms with Crippen LogP contribution in [-0.2, 0) is 13.0 Å². The van der Waals surface area contributed by atoms with Gasteiger partial charge in [-0.2, -0.15) is 0 Å². The van der Waals surface area contributed by atoms with Crippen LogP contribution in [0.2, 0.25) is 0 Å². The number of fused-ring (bicyclic) bond motifs is 3. The van der Waals surface area contributed by atoms with Crippen molar-refractivity contribution in [3.05, 3.63) is 36.3 Å². The normalized spacial score (nSPS) is 11.8. The molecule has 128 valence electrons. The third-order valence-electron chi connectivity index (χ3n) is 4.70. The summed E-state index contributed by atoms with van der Waals surface area (Å²) in [5, 5.41) is 1.23. The zero-order valence-corrected chi connectivity index (χ0v) is 15.3. The third kappa shape index (κ3) is 3.61. The molecule has 1 aromatic carbocycles. The highest BCUT2D eigenvalue weighted by Gasteiger charge is 2.13. The number of nitrogens with zero attached hydrogens (tertiary/aromatic N) is 3. The van der Waals surface area contributed by atoms with E-state index in [-0.39, 0.29) is 0 Å². The molecule has 0 unspecified atom stereocenters. The van der Waals surface area contributed by atoms with E-state index < -0.39 is 0 Å². The van der Waals surface area contributed by atoms with Crippen molar-refractivity contribution in [1.29, 1.82) is 0 Å². The fourth-order valence-electron chi connectivity index (χ4n) is 3.46. The minimum absolute atomic E-state index is 0.810. The van der Waals surface area contributed by atoms with Gasteiger partial charge < -0.3 is 4.57 Å². The zero-order chi connectivity index (χ0) is 16.9. The van der Waals surface area contributed by atoms with E-state index in [1.165, 1.54) is 42.4 Å². The number of hydrogen-bond donors (Lipinski definition) is 0. The van der Waals surface area contributed by atoms with Crippen molar-refractivity contribution in [2.45, 2.75) is 65.8 Å². The maximum absolute atomic E-state index is 4.88. The van der Waals surface area contributed by atoms with Crippen molar-refractivity contribution < 1.29 is 0 Å². The quantitative estimate of drug-likeness (QED) is 0.494. The smallest absolute Gasteiger partial charge is 0.109 e. The molecule has 0 aliphatic rings. The van der Waals surface area contributed by atoms with E-state index in [2.05, 4.69) is 54.6 Å². The largest absolute Gasteiger partial charge is 0.327 e. The third-order valence-corrected chi connectivity index (χ3v) is 4.70. The second kappa shape index (κ2) is 7.78. The van der Waals surface area contributed by atoms with Crippen molar-refractivity contribution in [1.82, 2.24) is 14.5 Å². The van der Waals surface area contributed by atoms with E-state index >= 15 is 0 Å². The van der Waals surface area contributed by atoms with Crippen molar-refractivity contribution in [2.24, 2.45) is 5.92 Å². The predicted octanol–water partition coefficient (Wildman–Crippen LogP) is 5.75. The van der Waals surface area contributed by atoms with Crippen molar-refractivity contribution >= 4 is 21.9 Å². The molecule has 0 spiro atoms. The van der Waals surface area contributed by atoms with E-state index in [0.717, 1.165) is 36.3 Å². The Morgan fingerprint density at radius 2 is 1.88 bits per heavy atom. The number of benzene rings is 1. The van der Waals surface area contributed by atoms with Gasteiger partial charge in [0.05, 0.1) is 17.2 Å². The number of aromatic nitrogens is 3. The molecule has 0 saturated carbocycles. The highest BCUT2D eigenvalue weighted by atomic mass is 15.1. The first-order valence-corrected chi connectivity index (χ1v) is 9.43. The van der Waals surface area contributed by atoms with Crippen LogP contribution in [0.3, 0.4) is 0 Å². The van der Waals surface area contributed by atoms with Crippen LogP contribution in [0.5, 0.6) is 0 Å². The Balaban J connectivity index is 1.90. The van der Waals surface area contributed by atoms with Gasteiger partial charge in [0.2, 0.25) is 0 Å². The summed E-state index contributed by atoms with van der Waals surface area (Å²) in [7, 11) is 0. The Bertz CT molecular complexity index is 801. The molecule has 2 aromatic heterocycles. The average molecular weight is 323 g/mol. The van der Waals surface area contributed by atoms with Gasteiger partial charge in [0.25, 0.3) is 0 Å². The molecular formula is C21H29N3. The van der Waals surface area contributed by atoms with E-state index in [1.54, 1.807) is 0 Å². The summed E-state index contributed by atoms with van der Waals surface area (Å²) < 4.78 is 2.46. The number of imidazole rings is 1. The lowest BCUT2D eigenvalue weighted by atomic mass is 10.1. The highest BCUT2D eigenvalue weighted by Crippen LogP contribution is 2.26. The number of para-hydroxylation sites is 1. The second-order valence-corrected chi connectivity index (χ2v) is 7.18. The summed E-state index contributed by atoms with van der Waals surface area (Å²) in [5.41, 5.74) is 3.38. The van der Waals surface area contributed by atoms with E-state index in [1.807, 2.05) is 6.20 Å². The summed E-state index contributed by atoms with van der Waals surface area (Å²) in [4.78, 5) is 9.46. The number of unbranched alkanes of at least 4 members (excludes halogenated alkanes) is 2. The lowest BCUT2D eigenvalue weighted by Gasteiger charge is -2.10. The molecule has 0 atom stereocenters. The number of pyridine rings is 1. The van der Waals surface area contributed by atoms with E-state index in [9.17, 15) is 0 Å². The molecular weight excluding hydrogens is 294 g/mol. The molecule has 0 aliphatic heterocycles. The van der Waals surface area contributed by atoms with Crippen molar-refractivity contribution in [3.8, 4) is 0 Å². The van der Waals surface area contributed by atoms with Crippen LogP contribution in [0, 0.1) is 5.92 Å². The monoisotopic (exact) mass is 323 g/mol. The standard InChI is InChI=1S/C21H29N3/c1-4-10-20-23-19-15-22-18-13-8-7-12-17(18)21(19)24(20)14-9-5-6-11-16(2)3/h7-8,12-13,15-16H,4-6,9-11,14H2,1-3H3. The summed E-state index contributed by atoms with van der Waals surface area (Å²) in [6.07, 6.45) is 9.29. The second-order valence-electron chi connectivity index (χ2n) is 7.18. The molecule has 0 saturated heterocycles. The fraction of sp³-hybridized carbons (Fsp3) is 0.524. The molecule has 3 heteroatoms. The lowest BCUT2D eigenvalue weighted by Crippen LogP contribution is -2.04. The van der Waals surface area contributed by atoms with E-state index in [4.69, 9.17) is 4.98 Å². The van der Waals surface area contributed by atoms with Gasteiger partial charge in [0.1, 0.15) is 11.3 Å². The first kappa shape index (κ1) is 16.9. The van der Waals surface area contributed by atoms with E-state index in [0.29, 0.717) is 0 Å². The summed E-state index contributed by atoms with van der Waals surface area (Å²) in [6.45, 7) is 7.91. The van der Waals surface area contributed by atoms with Crippen LogP contribution in [0.25, 0.3) is 21.9 Å².